The van der Waals surface area contributed by atoms with Crippen molar-refractivity contribution >= 4 is 0 Å². The van der Waals surface area contributed by atoms with Crippen molar-refractivity contribution in [2.45, 2.75) is 19.8 Å². The molecule has 0 bridgehead atoms. The fraction of sp³-hybridized carbons (Fsp3) is 1.00. The molecule has 60 valence electrons. The molecule has 0 aliphatic carbocycles. The topological polar surface area (TPSA) is 28.6 Å². The van der Waals surface area contributed by atoms with Gasteiger partial charge in [0.25, 0.3) is 0 Å². The molecule has 1 saturated heterocycles. The largest absolute Gasteiger partial charge is 0.346 e. The molecule has 1 fully saturated rings. The number of rotatable bonds is 3. The lowest BCUT2D eigenvalue weighted by Crippen LogP contribution is -2.86. The minimum absolute atomic E-state index is 0.963. The molecule has 0 unspecified atom stereocenters. The number of quaternary nitrogens is 1. The van der Waals surface area contributed by atoms with Gasteiger partial charge in [-0.15, -0.1) is 0 Å². The molecule has 2 heteroatoms. The first-order valence-electron chi connectivity index (χ1n) is 4.46. The van der Waals surface area contributed by atoms with Gasteiger partial charge in [-0.2, -0.15) is 0 Å². The Morgan fingerprint density at radius 2 is 2.10 bits per heavy atom. The van der Waals surface area contributed by atoms with E-state index in [1.807, 2.05) is 0 Å². The van der Waals surface area contributed by atoms with Crippen molar-refractivity contribution in [3.05, 3.63) is 0 Å². The molecule has 0 saturated carbocycles. The van der Waals surface area contributed by atoms with Crippen LogP contribution in [0.4, 0.5) is 0 Å². The summed E-state index contributed by atoms with van der Waals surface area (Å²) in [6, 6.07) is 0. The second kappa shape index (κ2) is 4.69. The summed E-state index contributed by atoms with van der Waals surface area (Å²) >= 11 is 0. The van der Waals surface area contributed by atoms with Gasteiger partial charge in [-0.1, -0.05) is 6.92 Å². The van der Waals surface area contributed by atoms with Crippen LogP contribution in [-0.2, 0) is 0 Å². The standard InChI is InChI=1S/C8H18N2/c1-2-9-7-8-3-5-10-6-4-8/h8-10H,2-7H2,1H3/p+1. The summed E-state index contributed by atoms with van der Waals surface area (Å²) in [7, 11) is 0. The van der Waals surface area contributed by atoms with Gasteiger partial charge in [-0.3, -0.25) is 0 Å². The highest BCUT2D eigenvalue weighted by molar-refractivity contribution is 4.62. The van der Waals surface area contributed by atoms with E-state index in [9.17, 15) is 0 Å². The van der Waals surface area contributed by atoms with Gasteiger partial charge in [0, 0.05) is 12.8 Å². The Hall–Kier alpha value is -0.0800. The lowest BCUT2D eigenvalue weighted by Gasteiger charge is -2.19. The molecule has 1 aliphatic rings. The molecule has 0 aromatic carbocycles. The van der Waals surface area contributed by atoms with E-state index < -0.39 is 0 Å². The number of hydrogen-bond acceptors (Lipinski definition) is 1. The molecule has 2 nitrogen and oxygen atoms in total. The molecular formula is C8H19N2+. The molecule has 0 atom stereocenters. The molecule has 3 N–H and O–H groups in total. The van der Waals surface area contributed by atoms with E-state index in [2.05, 4.69) is 17.6 Å². The quantitative estimate of drug-likeness (QED) is 0.551. The molecule has 0 aromatic rings. The highest BCUT2D eigenvalue weighted by atomic mass is 14.9. The first-order chi connectivity index (χ1) is 4.93. The number of nitrogens with two attached hydrogens (primary N) is 1. The van der Waals surface area contributed by atoms with E-state index in [1.165, 1.54) is 32.5 Å². The van der Waals surface area contributed by atoms with Crippen molar-refractivity contribution in [3.63, 3.8) is 0 Å². The van der Waals surface area contributed by atoms with Crippen molar-refractivity contribution in [2.24, 2.45) is 5.92 Å². The van der Waals surface area contributed by atoms with Crippen LogP contribution in [0, 0.1) is 5.92 Å². The fourth-order valence-electron chi connectivity index (χ4n) is 1.55. The van der Waals surface area contributed by atoms with Crippen LogP contribution in [-0.4, -0.2) is 26.2 Å². The van der Waals surface area contributed by atoms with Crippen LogP contribution >= 0.6 is 0 Å². The molecule has 0 aromatic heterocycles. The summed E-state index contributed by atoms with van der Waals surface area (Å²) in [6.07, 6.45) is 2.82. The van der Waals surface area contributed by atoms with Crippen LogP contribution in [0.25, 0.3) is 0 Å². The van der Waals surface area contributed by atoms with Gasteiger partial charge in [-0.05, 0) is 19.0 Å². The molecule has 0 amide bonds. The monoisotopic (exact) mass is 143 g/mol. The molecule has 1 rings (SSSR count). The first-order valence-corrected chi connectivity index (χ1v) is 4.46. The molecule has 0 spiro atoms. The maximum Gasteiger partial charge on any atom is 0.0758 e. The first kappa shape index (κ1) is 8.02. The Bertz CT molecular complexity index is 77.3. The summed E-state index contributed by atoms with van der Waals surface area (Å²) in [4.78, 5) is 0. The van der Waals surface area contributed by atoms with Crippen molar-refractivity contribution in [2.75, 3.05) is 26.2 Å². The van der Waals surface area contributed by atoms with Gasteiger partial charge in [0.05, 0.1) is 13.1 Å². The number of hydrogen-bond donors (Lipinski definition) is 2. The zero-order chi connectivity index (χ0) is 7.23. The molecule has 0 radical (unpaired) electrons. The Morgan fingerprint density at radius 3 is 2.70 bits per heavy atom. The molecule has 1 heterocycles. The zero-order valence-corrected chi connectivity index (χ0v) is 6.90. The summed E-state index contributed by atoms with van der Waals surface area (Å²) in [5, 5.41) is 5.82. The highest BCUT2D eigenvalue weighted by Crippen LogP contribution is 2.06. The third-order valence-corrected chi connectivity index (χ3v) is 2.24. The van der Waals surface area contributed by atoms with Gasteiger partial charge in [-0.25, -0.2) is 0 Å². The fourth-order valence-corrected chi connectivity index (χ4v) is 1.55. The van der Waals surface area contributed by atoms with Gasteiger partial charge >= 0.3 is 0 Å². The maximum absolute atomic E-state index is 3.40. The van der Waals surface area contributed by atoms with Gasteiger partial charge in [0.2, 0.25) is 0 Å². The minimum atomic E-state index is 0.963. The summed E-state index contributed by atoms with van der Waals surface area (Å²) in [5.74, 6) is 0.963. The average Bonchev–Trinajstić information content (AvgIpc) is 2.03. The van der Waals surface area contributed by atoms with Crippen molar-refractivity contribution < 1.29 is 5.32 Å². The van der Waals surface area contributed by atoms with Crippen LogP contribution in [0.15, 0.2) is 0 Å². The molecule has 10 heavy (non-hydrogen) atoms. The zero-order valence-electron chi connectivity index (χ0n) is 6.90. The Labute approximate surface area is 63.4 Å². The number of piperidine rings is 1. The summed E-state index contributed by atoms with van der Waals surface area (Å²) in [5.41, 5.74) is 0. The van der Waals surface area contributed by atoms with Crippen molar-refractivity contribution in [1.82, 2.24) is 5.32 Å². The third kappa shape index (κ3) is 2.67. The SMILES string of the molecule is CCNCC1CC[NH2+]CC1. The van der Waals surface area contributed by atoms with Gasteiger partial charge < -0.3 is 10.6 Å². The average molecular weight is 143 g/mol. The molecular weight excluding hydrogens is 124 g/mol. The minimum Gasteiger partial charge on any atom is -0.346 e. The van der Waals surface area contributed by atoms with E-state index in [0.717, 1.165) is 12.5 Å². The predicted molar refractivity (Wildman–Crippen MR) is 42.9 cm³/mol. The Balaban J connectivity index is 2.02. The lowest BCUT2D eigenvalue weighted by atomic mass is 9.98. The second-order valence-corrected chi connectivity index (χ2v) is 3.12. The third-order valence-electron chi connectivity index (χ3n) is 2.24. The van der Waals surface area contributed by atoms with Crippen LogP contribution in [0.2, 0.25) is 0 Å². The molecule has 1 aliphatic heterocycles. The van der Waals surface area contributed by atoms with E-state index in [-0.39, 0.29) is 0 Å². The van der Waals surface area contributed by atoms with Gasteiger partial charge in [0.15, 0.2) is 0 Å². The predicted octanol–water partition coefficient (Wildman–Crippen LogP) is -0.431. The van der Waals surface area contributed by atoms with Gasteiger partial charge in [0.1, 0.15) is 0 Å². The number of nitrogens with one attached hydrogen (secondary N) is 1. The normalized spacial score (nSPS) is 21.3. The lowest BCUT2D eigenvalue weighted by molar-refractivity contribution is -0.664. The highest BCUT2D eigenvalue weighted by Gasteiger charge is 2.13. The van der Waals surface area contributed by atoms with Crippen molar-refractivity contribution in [1.29, 1.82) is 0 Å². The van der Waals surface area contributed by atoms with E-state index in [0.29, 0.717) is 0 Å². The Kier molecular flexibility index (Phi) is 3.76. The maximum atomic E-state index is 3.40. The Morgan fingerprint density at radius 1 is 1.40 bits per heavy atom. The van der Waals surface area contributed by atoms with Crippen molar-refractivity contribution in [3.8, 4) is 0 Å². The van der Waals surface area contributed by atoms with Crippen LogP contribution in [0.5, 0.6) is 0 Å². The summed E-state index contributed by atoms with van der Waals surface area (Å²) < 4.78 is 0. The van der Waals surface area contributed by atoms with E-state index >= 15 is 0 Å². The second-order valence-electron chi connectivity index (χ2n) is 3.12. The smallest absolute Gasteiger partial charge is 0.0758 e. The summed E-state index contributed by atoms with van der Waals surface area (Å²) in [6.45, 7) is 7.23. The van der Waals surface area contributed by atoms with Crippen LogP contribution < -0.4 is 10.6 Å². The van der Waals surface area contributed by atoms with E-state index in [1.54, 1.807) is 0 Å². The van der Waals surface area contributed by atoms with Crippen LogP contribution in [0.1, 0.15) is 19.8 Å². The van der Waals surface area contributed by atoms with E-state index in [4.69, 9.17) is 0 Å². The van der Waals surface area contributed by atoms with Crippen LogP contribution in [0.3, 0.4) is 0 Å².